The second-order valence-corrected chi connectivity index (χ2v) is 3.59. The van der Waals surface area contributed by atoms with E-state index in [-0.39, 0.29) is 6.61 Å². The lowest BCUT2D eigenvalue weighted by Gasteiger charge is -2.25. The topological polar surface area (TPSA) is 37.3 Å². The van der Waals surface area contributed by atoms with Gasteiger partial charge < -0.3 is 9.90 Å². The van der Waals surface area contributed by atoms with E-state index < -0.39 is 5.41 Å². The lowest BCUT2D eigenvalue weighted by Crippen LogP contribution is -2.28. The van der Waals surface area contributed by atoms with Crippen LogP contribution in [0.25, 0.3) is 0 Å². The molecule has 2 heteroatoms. The maximum absolute atomic E-state index is 10.7. The Bertz CT molecular complexity index is 115. The molecule has 0 aromatic carbocycles. The summed E-state index contributed by atoms with van der Waals surface area (Å²) in [6, 6.07) is 0. The van der Waals surface area contributed by atoms with Crippen LogP contribution in [0.2, 0.25) is 0 Å². The van der Waals surface area contributed by atoms with Gasteiger partial charge in [-0.15, -0.1) is 0 Å². The molecular weight excluding hydrogens is 140 g/mol. The normalized spacial score (nSPS) is 16.5. The highest BCUT2D eigenvalue weighted by molar-refractivity contribution is 5.59. The first kappa shape index (κ1) is 10.6. The summed E-state index contributed by atoms with van der Waals surface area (Å²) in [5.41, 5.74) is -0.478. The summed E-state index contributed by atoms with van der Waals surface area (Å²) in [6.45, 7) is 6.03. The van der Waals surface area contributed by atoms with Crippen LogP contribution in [0.3, 0.4) is 0 Å². The molecular formula is C9H18O2. The minimum Gasteiger partial charge on any atom is -0.395 e. The molecule has 2 nitrogen and oxygen atoms in total. The zero-order chi connectivity index (χ0) is 8.91. The molecule has 0 aliphatic heterocycles. The van der Waals surface area contributed by atoms with E-state index in [0.717, 1.165) is 19.1 Å². The van der Waals surface area contributed by atoms with Gasteiger partial charge in [0, 0.05) is 5.41 Å². The summed E-state index contributed by atoms with van der Waals surface area (Å²) in [5, 5.41) is 8.99. The molecule has 0 aliphatic carbocycles. The monoisotopic (exact) mass is 158 g/mol. The van der Waals surface area contributed by atoms with Gasteiger partial charge in [0.15, 0.2) is 0 Å². The fraction of sp³-hybridized carbons (Fsp3) is 0.889. The maximum Gasteiger partial charge on any atom is 0.128 e. The fourth-order valence-corrected chi connectivity index (χ4v) is 1.30. The molecule has 0 saturated heterocycles. The Morgan fingerprint density at radius 3 is 2.18 bits per heavy atom. The Hall–Kier alpha value is -0.370. The van der Waals surface area contributed by atoms with Crippen molar-refractivity contribution in [3.8, 4) is 0 Å². The Kier molecular flexibility index (Phi) is 4.34. The van der Waals surface area contributed by atoms with Crippen molar-refractivity contribution < 1.29 is 9.90 Å². The SMILES string of the molecule is CCC(C=O)(CO)CC(C)C. The van der Waals surface area contributed by atoms with Gasteiger partial charge in [0.2, 0.25) is 0 Å². The number of aliphatic hydroxyl groups is 1. The summed E-state index contributed by atoms with van der Waals surface area (Å²) >= 11 is 0. The molecule has 1 N–H and O–H groups in total. The van der Waals surface area contributed by atoms with Crippen LogP contribution in [-0.4, -0.2) is 18.0 Å². The molecule has 66 valence electrons. The van der Waals surface area contributed by atoms with Crippen LogP contribution >= 0.6 is 0 Å². The highest BCUT2D eigenvalue weighted by Crippen LogP contribution is 2.26. The molecule has 0 heterocycles. The van der Waals surface area contributed by atoms with Crippen molar-refractivity contribution in [1.82, 2.24) is 0 Å². The Morgan fingerprint density at radius 2 is 2.09 bits per heavy atom. The summed E-state index contributed by atoms with van der Waals surface area (Å²) in [5.74, 6) is 0.465. The quantitative estimate of drug-likeness (QED) is 0.617. The van der Waals surface area contributed by atoms with Crippen LogP contribution in [0, 0.1) is 11.3 Å². The van der Waals surface area contributed by atoms with Crippen molar-refractivity contribution in [1.29, 1.82) is 0 Å². The number of aldehydes is 1. The Labute approximate surface area is 68.6 Å². The van der Waals surface area contributed by atoms with Crippen LogP contribution in [0.15, 0.2) is 0 Å². The van der Waals surface area contributed by atoms with E-state index in [1.54, 1.807) is 0 Å². The minimum absolute atomic E-state index is 0.0226. The van der Waals surface area contributed by atoms with E-state index in [9.17, 15) is 4.79 Å². The molecule has 11 heavy (non-hydrogen) atoms. The first-order valence-electron chi connectivity index (χ1n) is 4.17. The van der Waals surface area contributed by atoms with Crippen LogP contribution < -0.4 is 0 Å². The summed E-state index contributed by atoms with van der Waals surface area (Å²) in [4.78, 5) is 10.7. The van der Waals surface area contributed by atoms with Gasteiger partial charge in [-0.3, -0.25) is 0 Å². The smallest absolute Gasteiger partial charge is 0.128 e. The van der Waals surface area contributed by atoms with Gasteiger partial charge in [0.1, 0.15) is 6.29 Å². The van der Waals surface area contributed by atoms with Crippen LogP contribution in [0.5, 0.6) is 0 Å². The van der Waals surface area contributed by atoms with Crippen molar-refractivity contribution in [2.75, 3.05) is 6.61 Å². The van der Waals surface area contributed by atoms with Gasteiger partial charge in [-0.2, -0.15) is 0 Å². The third kappa shape index (κ3) is 3.02. The van der Waals surface area contributed by atoms with E-state index >= 15 is 0 Å². The largest absolute Gasteiger partial charge is 0.395 e. The van der Waals surface area contributed by atoms with Crippen molar-refractivity contribution in [3.63, 3.8) is 0 Å². The van der Waals surface area contributed by atoms with Gasteiger partial charge >= 0.3 is 0 Å². The lowest BCUT2D eigenvalue weighted by atomic mass is 9.80. The second-order valence-electron chi connectivity index (χ2n) is 3.59. The zero-order valence-corrected chi connectivity index (χ0v) is 7.63. The van der Waals surface area contributed by atoms with Crippen molar-refractivity contribution in [3.05, 3.63) is 0 Å². The molecule has 0 bridgehead atoms. The van der Waals surface area contributed by atoms with Crippen LogP contribution in [-0.2, 0) is 4.79 Å². The van der Waals surface area contributed by atoms with E-state index in [1.807, 2.05) is 6.92 Å². The average molecular weight is 158 g/mol. The molecule has 0 saturated carbocycles. The molecule has 1 atom stereocenters. The Balaban J connectivity index is 4.16. The highest BCUT2D eigenvalue weighted by Gasteiger charge is 2.27. The minimum atomic E-state index is -0.478. The Morgan fingerprint density at radius 1 is 1.55 bits per heavy atom. The van der Waals surface area contributed by atoms with Gasteiger partial charge in [-0.25, -0.2) is 0 Å². The third-order valence-electron chi connectivity index (χ3n) is 2.08. The van der Waals surface area contributed by atoms with Gasteiger partial charge in [0.25, 0.3) is 0 Å². The van der Waals surface area contributed by atoms with Gasteiger partial charge in [0.05, 0.1) is 6.61 Å². The summed E-state index contributed by atoms with van der Waals surface area (Å²) in [7, 11) is 0. The molecule has 0 fully saturated rings. The first-order valence-corrected chi connectivity index (χ1v) is 4.17. The fourth-order valence-electron chi connectivity index (χ4n) is 1.30. The third-order valence-corrected chi connectivity index (χ3v) is 2.08. The van der Waals surface area contributed by atoms with E-state index in [2.05, 4.69) is 13.8 Å². The molecule has 0 aromatic heterocycles. The second kappa shape index (κ2) is 4.50. The molecule has 0 aromatic rings. The highest BCUT2D eigenvalue weighted by atomic mass is 16.3. The predicted molar refractivity (Wildman–Crippen MR) is 45.3 cm³/mol. The molecule has 0 radical (unpaired) electrons. The van der Waals surface area contributed by atoms with Crippen molar-refractivity contribution in [2.45, 2.75) is 33.6 Å². The number of hydrogen-bond donors (Lipinski definition) is 1. The maximum atomic E-state index is 10.7. The van der Waals surface area contributed by atoms with Gasteiger partial charge in [-0.05, 0) is 18.8 Å². The standard InChI is InChI=1S/C9H18O2/c1-4-9(6-10,7-11)5-8(2)3/h6,8,11H,4-5,7H2,1-3H3. The molecule has 0 aliphatic rings. The predicted octanol–water partition coefficient (Wildman–Crippen LogP) is 1.62. The number of carbonyl (C=O) groups excluding carboxylic acids is 1. The number of rotatable bonds is 5. The van der Waals surface area contributed by atoms with Gasteiger partial charge in [-0.1, -0.05) is 20.8 Å². The first-order chi connectivity index (χ1) is 5.10. The van der Waals surface area contributed by atoms with Crippen LogP contribution in [0.1, 0.15) is 33.6 Å². The number of carbonyl (C=O) groups is 1. The number of aliphatic hydroxyl groups excluding tert-OH is 1. The molecule has 0 rings (SSSR count). The lowest BCUT2D eigenvalue weighted by molar-refractivity contribution is -0.119. The molecule has 0 spiro atoms. The molecule has 1 unspecified atom stereocenters. The van der Waals surface area contributed by atoms with Crippen molar-refractivity contribution >= 4 is 6.29 Å². The average Bonchev–Trinajstić information content (AvgIpc) is 2.00. The van der Waals surface area contributed by atoms with Crippen molar-refractivity contribution in [2.24, 2.45) is 11.3 Å². The summed E-state index contributed by atoms with van der Waals surface area (Å²) in [6.07, 6.45) is 2.40. The van der Waals surface area contributed by atoms with E-state index in [4.69, 9.17) is 5.11 Å². The van der Waals surface area contributed by atoms with Crippen LogP contribution in [0.4, 0.5) is 0 Å². The molecule has 0 amide bonds. The van der Waals surface area contributed by atoms with E-state index in [0.29, 0.717) is 5.92 Å². The zero-order valence-electron chi connectivity index (χ0n) is 7.63. The van der Waals surface area contributed by atoms with E-state index in [1.165, 1.54) is 0 Å². The summed E-state index contributed by atoms with van der Waals surface area (Å²) < 4.78 is 0. The number of hydrogen-bond acceptors (Lipinski definition) is 2.